The first-order valence-corrected chi connectivity index (χ1v) is 13.4. The topological polar surface area (TPSA) is 98.7 Å². The first-order valence-electron chi connectivity index (χ1n) is 12.5. The molecule has 3 N–H and O–H groups in total. The van der Waals surface area contributed by atoms with Gasteiger partial charge in [0.1, 0.15) is 6.04 Å². The Morgan fingerprint density at radius 3 is 2.40 bits per heavy atom. The Hall–Kier alpha value is -2.06. The van der Waals surface area contributed by atoms with E-state index in [1.54, 1.807) is 23.7 Å². The van der Waals surface area contributed by atoms with Gasteiger partial charge in [-0.2, -0.15) is 0 Å². The molecular formula is C27H39N3O4S. The highest BCUT2D eigenvalue weighted by Crippen LogP contribution is 2.67. The van der Waals surface area contributed by atoms with Gasteiger partial charge >= 0.3 is 0 Å². The van der Waals surface area contributed by atoms with Crippen molar-refractivity contribution in [2.45, 2.75) is 81.5 Å². The fourth-order valence-corrected chi connectivity index (χ4v) is 9.20. The fourth-order valence-electron chi connectivity index (χ4n) is 6.99. The molecule has 2 bridgehead atoms. The Morgan fingerprint density at radius 1 is 1.17 bits per heavy atom. The van der Waals surface area contributed by atoms with Gasteiger partial charge in [-0.3, -0.25) is 14.4 Å². The Balaban J connectivity index is 1.78. The van der Waals surface area contributed by atoms with Crippen LogP contribution in [0.5, 0.6) is 0 Å². The van der Waals surface area contributed by atoms with E-state index in [0.29, 0.717) is 6.42 Å². The van der Waals surface area contributed by atoms with Crippen LogP contribution in [-0.4, -0.2) is 63.0 Å². The maximum Gasteiger partial charge on any atom is 0.244 e. The fraction of sp³-hybridized carbons (Fsp3) is 0.667. The Morgan fingerprint density at radius 2 is 1.83 bits per heavy atom. The number of hydrogen-bond acceptors (Lipinski definition) is 5. The van der Waals surface area contributed by atoms with Crippen LogP contribution in [0, 0.1) is 17.3 Å². The molecule has 4 rings (SSSR count). The molecule has 3 aliphatic rings. The number of carbonyl (C=O) groups excluding carboxylic acids is 3. The molecule has 3 amide bonds. The number of aliphatic hydroxyl groups excluding tert-OH is 1. The molecule has 2 unspecified atom stereocenters. The molecule has 3 aliphatic heterocycles. The number of nitrogens with one attached hydrogen (secondary N) is 2. The number of benzene rings is 1. The molecule has 0 aliphatic carbocycles. The largest absolute Gasteiger partial charge is 0.394 e. The van der Waals surface area contributed by atoms with Crippen LogP contribution in [0.25, 0.3) is 0 Å². The average molecular weight is 502 g/mol. The number of rotatable bonds is 7. The van der Waals surface area contributed by atoms with Crippen molar-refractivity contribution in [3.8, 4) is 0 Å². The normalized spacial score (nSPS) is 30.8. The van der Waals surface area contributed by atoms with Crippen LogP contribution in [0.1, 0.15) is 65.5 Å². The molecule has 192 valence electrons. The van der Waals surface area contributed by atoms with E-state index in [1.165, 1.54) is 0 Å². The van der Waals surface area contributed by atoms with Crippen molar-refractivity contribution in [2.75, 3.05) is 13.7 Å². The zero-order valence-corrected chi connectivity index (χ0v) is 22.4. The Bertz CT molecular complexity index is 992. The van der Waals surface area contributed by atoms with Gasteiger partial charge in [0.15, 0.2) is 0 Å². The van der Waals surface area contributed by atoms with Crippen LogP contribution in [0.3, 0.4) is 0 Å². The van der Waals surface area contributed by atoms with E-state index in [1.807, 2.05) is 44.2 Å². The molecule has 35 heavy (non-hydrogen) atoms. The first-order chi connectivity index (χ1) is 16.3. The number of thioether (sulfide) groups is 1. The van der Waals surface area contributed by atoms with Gasteiger partial charge in [-0.1, -0.05) is 51.1 Å². The first kappa shape index (κ1) is 26.0. The van der Waals surface area contributed by atoms with E-state index in [9.17, 15) is 19.5 Å². The van der Waals surface area contributed by atoms with Crippen molar-refractivity contribution < 1.29 is 19.5 Å². The minimum absolute atomic E-state index is 0.00529. The average Bonchev–Trinajstić information content (AvgIpc) is 3.40. The molecule has 3 saturated heterocycles. The highest BCUT2D eigenvalue weighted by atomic mass is 32.2. The molecule has 1 aromatic rings. The number of likely N-dealkylation sites (tertiary alicyclic amines) is 1. The Kier molecular flexibility index (Phi) is 6.77. The smallest absolute Gasteiger partial charge is 0.244 e. The second kappa shape index (κ2) is 9.11. The monoisotopic (exact) mass is 501 g/mol. The molecule has 6 atom stereocenters. The van der Waals surface area contributed by atoms with Gasteiger partial charge in [0.25, 0.3) is 0 Å². The van der Waals surface area contributed by atoms with Crippen LogP contribution < -0.4 is 10.6 Å². The van der Waals surface area contributed by atoms with Gasteiger partial charge in [0.05, 0.1) is 29.2 Å². The summed E-state index contributed by atoms with van der Waals surface area (Å²) in [5, 5.41) is 16.5. The number of nitrogens with zero attached hydrogens (tertiary/aromatic N) is 1. The third kappa shape index (κ3) is 4.48. The quantitative estimate of drug-likeness (QED) is 0.534. The molecule has 1 aromatic carbocycles. The molecule has 0 aromatic heterocycles. The third-order valence-corrected chi connectivity index (χ3v) is 9.61. The summed E-state index contributed by atoms with van der Waals surface area (Å²) in [5.41, 5.74) is 0.301. The number of hydrogen-bond donors (Lipinski definition) is 3. The van der Waals surface area contributed by atoms with Crippen molar-refractivity contribution in [1.29, 1.82) is 0 Å². The minimum Gasteiger partial charge on any atom is -0.394 e. The molecule has 1 spiro atoms. The van der Waals surface area contributed by atoms with Crippen molar-refractivity contribution >= 4 is 29.5 Å². The van der Waals surface area contributed by atoms with Crippen molar-refractivity contribution in [3.63, 3.8) is 0 Å². The minimum atomic E-state index is -0.763. The summed E-state index contributed by atoms with van der Waals surface area (Å²) in [6.45, 7) is 10.1. The highest BCUT2D eigenvalue weighted by Gasteiger charge is 2.74. The molecule has 0 saturated carbocycles. The predicted octanol–water partition coefficient (Wildman–Crippen LogP) is 2.89. The van der Waals surface area contributed by atoms with Crippen LogP contribution in [0.2, 0.25) is 0 Å². The number of amides is 3. The maximum atomic E-state index is 14.1. The van der Waals surface area contributed by atoms with Gasteiger partial charge in [-0.15, -0.1) is 11.8 Å². The van der Waals surface area contributed by atoms with E-state index in [0.717, 1.165) is 18.4 Å². The van der Waals surface area contributed by atoms with E-state index in [4.69, 9.17) is 0 Å². The predicted molar refractivity (Wildman–Crippen MR) is 138 cm³/mol. The van der Waals surface area contributed by atoms with Gasteiger partial charge in [-0.25, -0.2) is 0 Å². The van der Waals surface area contributed by atoms with E-state index in [-0.39, 0.29) is 35.0 Å². The SMILES string of the molecule is CNC(=O)[C@@H]1[C@@H]2CCC3(S2)C(C(=O)NC(C)(C)CC(C)(C)C)N([C@H](CO)c2ccccc2)C(=O)[C@H]13. The molecule has 7 nitrogen and oxygen atoms in total. The van der Waals surface area contributed by atoms with Gasteiger partial charge in [0.2, 0.25) is 17.7 Å². The molecule has 3 heterocycles. The zero-order valence-electron chi connectivity index (χ0n) is 21.6. The lowest BCUT2D eigenvalue weighted by atomic mass is 9.70. The van der Waals surface area contributed by atoms with Crippen LogP contribution in [0.4, 0.5) is 0 Å². The third-order valence-electron chi connectivity index (χ3n) is 7.66. The van der Waals surface area contributed by atoms with Gasteiger partial charge < -0.3 is 20.6 Å². The van der Waals surface area contributed by atoms with Crippen LogP contribution in [0.15, 0.2) is 30.3 Å². The summed E-state index contributed by atoms with van der Waals surface area (Å²) in [6.07, 6.45) is 2.26. The van der Waals surface area contributed by atoms with E-state index in [2.05, 4.69) is 31.4 Å². The number of carbonyl (C=O) groups is 3. The second-order valence-corrected chi connectivity index (χ2v) is 13.7. The summed E-state index contributed by atoms with van der Waals surface area (Å²) < 4.78 is -0.678. The lowest BCUT2D eigenvalue weighted by molar-refractivity contribution is -0.143. The standard InChI is InChI=1S/C27H39N3O4S/c1-25(2,3)15-26(4,5)29-23(33)21-27-13-12-18(35-27)19(22(32)28-6)20(27)24(34)30(21)17(14-31)16-10-8-7-9-11-16/h7-11,17-21,31H,12-15H2,1-6H3,(H,28,32)(H,29,33)/t17-,18+,19-,20+,21?,27?/m1/s1. The highest BCUT2D eigenvalue weighted by molar-refractivity contribution is 8.02. The van der Waals surface area contributed by atoms with Gasteiger partial charge in [-0.05, 0) is 44.1 Å². The lowest BCUT2D eigenvalue weighted by Crippen LogP contribution is -2.59. The number of fused-ring (bicyclic) bond motifs is 1. The summed E-state index contributed by atoms with van der Waals surface area (Å²) in [4.78, 5) is 42.8. The molecule has 8 heteroatoms. The van der Waals surface area contributed by atoms with Gasteiger partial charge in [0, 0.05) is 17.8 Å². The van der Waals surface area contributed by atoms with Crippen LogP contribution in [-0.2, 0) is 14.4 Å². The maximum absolute atomic E-state index is 14.1. The Labute approximate surface area is 212 Å². The zero-order chi connectivity index (χ0) is 25.8. The van der Waals surface area contributed by atoms with E-state index >= 15 is 0 Å². The summed E-state index contributed by atoms with van der Waals surface area (Å²) in [5.74, 6) is -1.59. The molecular weight excluding hydrogens is 462 g/mol. The van der Waals surface area contributed by atoms with Crippen molar-refractivity contribution in [2.24, 2.45) is 17.3 Å². The lowest BCUT2D eigenvalue weighted by Gasteiger charge is -2.40. The molecule has 0 radical (unpaired) electrons. The second-order valence-electron chi connectivity index (χ2n) is 12.1. The van der Waals surface area contributed by atoms with E-state index < -0.39 is 34.2 Å². The van der Waals surface area contributed by atoms with Crippen molar-refractivity contribution in [1.82, 2.24) is 15.5 Å². The van der Waals surface area contributed by atoms with Crippen LogP contribution >= 0.6 is 11.8 Å². The van der Waals surface area contributed by atoms with Crippen molar-refractivity contribution in [3.05, 3.63) is 35.9 Å². The summed E-state index contributed by atoms with van der Waals surface area (Å²) in [6, 6.07) is 7.95. The summed E-state index contributed by atoms with van der Waals surface area (Å²) >= 11 is 1.64. The summed E-state index contributed by atoms with van der Waals surface area (Å²) in [7, 11) is 1.60. The molecule has 3 fully saturated rings. The number of aliphatic hydroxyl groups is 1.